The lowest BCUT2D eigenvalue weighted by Crippen LogP contribution is -1.91. The van der Waals surface area contributed by atoms with E-state index in [4.69, 9.17) is 19.4 Å². The monoisotopic (exact) mass is 274 g/mol. The lowest BCUT2D eigenvalue weighted by atomic mass is 10.2. The van der Waals surface area contributed by atoms with E-state index in [-0.39, 0.29) is 6.54 Å². The van der Waals surface area contributed by atoms with E-state index >= 15 is 0 Å². The summed E-state index contributed by atoms with van der Waals surface area (Å²) >= 11 is 0. The highest BCUT2D eigenvalue weighted by Crippen LogP contribution is 2.33. The second-order valence-electron chi connectivity index (χ2n) is 3.98. The Morgan fingerprint density at radius 2 is 2.15 bits per heavy atom. The van der Waals surface area contributed by atoms with E-state index in [1.807, 2.05) is 0 Å². The predicted molar refractivity (Wildman–Crippen MR) is 72.6 cm³/mol. The second kappa shape index (κ2) is 5.99. The summed E-state index contributed by atoms with van der Waals surface area (Å²) in [6.45, 7) is 1.93. The summed E-state index contributed by atoms with van der Waals surface area (Å²) in [5, 5.41) is 3.49. The molecule has 0 N–H and O–H groups in total. The van der Waals surface area contributed by atoms with E-state index in [1.165, 1.54) is 0 Å². The minimum Gasteiger partial charge on any atom is -0.497 e. The molecule has 7 heteroatoms. The van der Waals surface area contributed by atoms with Crippen molar-refractivity contribution in [1.29, 1.82) is 0 Å². The number of ether oxygens (including phenoxy) is 2. The van der Waals surface area contributed by atoms with Gasteiger partial charge in [-0.2, -0.15) is 0 Å². The van der Waals surface area contributed by atoms with Crippen molar-refractivity contribution in [1.82, 2.24) is 4.98 Å². The number of oxazole rings is 1. The third-order valence-corrected chi connectivity index (χ3v) is 2.82. The minimum absolute atomic E-state index is 0.157. The van der Waals surface area contributed by atoms with Crippen molar-refractivity contribution in [2.24, 2.45) is 5.11 Å². The van der Waals surface area contributed by atoms with E-state index in [2.05, 4.69) is 15.0 Å². The molecule has 0 saturated heterocycles. The van der Waals surface area contributed by atoms with Crippen LogP contribution in [-0.2, 0) is 6.54 Å². The van der Waals surface area contributed by atoms with Crippen molar-refractivity contribution in [2.45, 2.75) is 13.5 Å². The van der Waals surface area contributed by atoms with Crippen LogP contribution in [0, 0.1) is 6.92 Å². The van der Waals surface area contributed by atoms with Gasteiger partial charge in [0, 0.05) is 11.0 Å². The Morgan fingerprint density at radius 1 is 1.35 bits per heavy atom. The molecule has 0 saturated carbocycles. The molecule has 1 aromatic carbocycles. The zero-order valence-electron chi connectivity index (χ0n) is 11.5. The van der Waals surface area contributed by atoms with Gasteiger partial charge in [-0.05, 0) is 24.6 Å². The van der Waals surface area contributed by atoms with Crippen molar-refractivity contribution in [3.63, 3.8) is 0 Å². The van der Waals surface area contributed by atoms with E-state index in [1.54, 1.807) is 39.3 Å². The summed E-state index contributed by atoms with van der Waals surface area (Å²) in [5.74, 6) is 2.32. The molecule has 0 atom stereocenters. The number of methoxy groups -OCH3 is 2. The Balaban J connectivity index is 2.43. The summed E-state index contributed by atoms with van der Waals surface area (Å²) in [4.78, 5) is 7.04. The fourth-order valence-electron chi connectivity index (χ4n) is 1.76. The Kier molecular flexibility index (Phi) is 4.12. The second-order valence-corrected chi connectivity index (χ2v) is 3.98. The molecule has 1 heterocycles. The zero-order chi connectivity index (χ0) is 14.5. The van der Waals surface area contributed by atoms with Crippen LogP contribution in [0.5, 0.6) is 11.5 Å². The highest BCUT2D eigenvalue weighted by molar-refractivity contribution is 5.65. The van der Waals surface area contributed by atoms with Gasteiger partial charge in [-0.15, -0.1) is 0 Å². The summed E-state index contributed by atoms with van der Waals surface area (Å²) in [7, 11) is 3.15. The Bertz CT molecular complexity index is 660. The number of aromatic nitrogens is 1. The van der Waals surface area contributed by atoms with Crippen LogP contribution in [0.3, 0.4) is 0 Å². The summed E-state index contributed by atoms with van der Waals surface area (Å²) in [5.41, 5.74) is 9.67. The van der Waals surface area contributed by atoms with Gasteiger partial charge in [-0.3, -0.25) is 0 Å². The van der Waals surface area contributed by atoms with Crippen LogP contribution in [0.4, 0.5) is 0 Å². The molecule has 0 bridgehead atoms. The first-order valence-electron chi connectivity index (χ1n) is 5.89. The predicted octanol–water partition coefficient (Wildman–Crippen LogP) is 3.48. The average Bonchev–Trinajstić information content (AvgIpc) is 2.85. The number of hydrogen-bond acceptors (Lipinski definition) is 5. The van der Waals surface area contributed by atoms with E-state index in [0.717, 1.165) is 0 Å². The molecular weight excluding hydrogens is 260 g/mol. The van der Waals surface area contributed by atoms with Crippen molar-refractivity contribution in [3.05, 3.63) is 40.1 Å². The highest BCUT2D eigenvalue weighted by atomic mass is 16.5. The van der Waals surface area contributed by atoms with Gasteiger partial charge in [0.1, 0.15) is 17.3 Å². The Morgan fingerprint density at radius 3 is 2.80 bits per heavy atom. The Labute approximate surface area is 115 Å². The van der Waals surface area contributed by atoms with Crippen LogP contribution in [0.15, 0.2) is 27.7 Å². The summed E-state index contributed by atoms with van der Waals surface area (Å²) in [6, 6.07) is 5.35. The SMILES string of the molecule is COc1ccc(-c2nc(CN=[N+]=[N-])c(C)o2)c(OC)c1. The molecule has 0 aliphatic heterocycles. The van der Waals surface area contributed by atoms with Gasteiger partial charge in [0.25, 0.3) is 0 Å². The number of aryl methyl sites for hydroxylation is 1. The van der Waals surface area contributed by atoms with Crippen molar-refractivity contribution in [3.8, 4) is 23.0 Å². The molecule has 0 aliphatic carbocycles. The number of hydrogen-bond donors (Lipinski definition) is 0. The summed E-state index contributed by atoms with van der Waals surface area (Å²) < 4.78 is 16.1. The van der Waals surface area contributed by atoms with Crippen LogP contribution in [-0.4, -0.2) is 19.2 Å². The molecule has 0 radical (unpaired) electrons. The van der Waals surface area contributed by atoms with Gasteiger partial charge >= 0.3 is 0 Å². The maximum Gasteiger partial charge on any atom is 0.230 e. The number of benzene rings is 1. The van der Waals surface area contributed by atoms with Gasteiger partial charge in [0.15, 0.2) is 0 Å². The molecule has 7 nitrogen and oxygen atoms in total. The number of rotatable bonds is 5. The van der Waals surface area contributed by atoms with Crippen molar-refractivity contribution < 1.29 is 13.9 Å². The molecule has 0 amide bonds. The molecule has 0 fully saturated rings. The van der Waals surface area contributed by atoms with E-state index in [9.17, 15) is 0 Å². The third kappa shape index (κ3) is 2.67. The number of azide groups is 1. The molecule has 2 rings (SSSR count). The van der Waals surface area contributed by atoms with Crippen molar-refractivity contribution in [2.75, 3.05) is 14.2 Å². The molecule has 2 aromatic rings. The van der Waals surface area contributed by atoms with Crippen molar-refractivity contribution >= 4 is 0 Å². The third-order valence-electron chi connectivity index (χ3n) is 2.82. The molecule has 1 aromatic heterocycles. The van der Waals surface area contributed by atoms with Crippen LogP contribution in [0.1, 0.15) is 11.5 Å². The average molecular weight is 274 g/mol. The molecule has 20 heavy (non-hydrogen) atoms. The van der Waals surface area contributed by atoms with Gasteiger partial charge in [-0.25, -0.2) is 4.98 Å². The smallest absolute Gasteiger partial charge is 0.230 e. The molecule has 0 spiro atoms. The first-order valence-corrected chi connectivity index (χ1v) is 5.89. The largest absolute Gasteiger partial charge is 0.497 e. The van der Waals surface area contributed by atoms with Gasteiger partial charge in [0.05, 0.1) is 32.0 Å². The first kappa shape index (κ1) is 13.8. The number of nitrogens with zero attached hydrogens (tertiary/aromatic N) is 4. The van der Waals surface area contributed by atoms with Crippen LogP contribution in [0.2, 0.25) is 0 Å². The van der Waals surface area contributed by atoms with Gasteiger partial charge < -0.3 is 13.9 Å². The lowest BCUT2D eigenvalue weighted by molar-refractivity contribution is 0.394. The maximum atomic E-state index is 8.35. The van der Waals surface area contributed by atoms with Crippen LogP contribution >= 0.6 is 0 Å². The first-order chi connectivity index (χ1) is 9.69. The zero-order valence-corrected chi connectivity index (χ0v) is 11.5. The summed E-state index contributed by atoms with van der Waals surface area (Å²) in [6.07, 6.45) is 0. The van der Waals surface area contributed by atoms with E-state index < -0.39 is 0 Å². The fourth-order valence-corrected chi connectivity index (χ4v) is 1.76. The maximum absolute atomic E-state index is 8.35. The minimum atomic E-state index is 0.157. The topological polar surface area (TPSA) is 93.3 Å². The normalized spacial score (nSPS) is 9.95. The highest BCUT2D eigenvalue weighted by Gasteiger charge is 2.15. The molecular formula is C13H14N4O3. The lowest BCUT2D eigenvalue weighted by Gasteiger charge is -2.07. The standard InChI is InChI=1S/C13H14N4O3/c1-8-11(7-15-17-14)16-13(20-8)10-5-4-9(18-2)6-12(10)19-3/h4-6H,7H2,1-3H3. The van der Waals surface area contributed by atoms with Gasteiger partial charge in [-0.1, -0.05) is 5.11 Å². The van der Waals surface area contributed by atoms with Crippen LogP contribution in [0.25, 0.3) is 21.9 Å². The molecule has 0 aliphatic rings. The Hall–Kier alpha value is -2.66. The quantitative estimate of drug-likeness (QED) is 0.474. The molecule has 0 unspecified atom stereocenters. The fraction of sp³-hybridized carbons (Fsp3) is 0.308. The molecule has 104 valence electrons. The van der Waals surface area contributed by atoms with Crippen LogP contribution < -0.4 is 9.47 Å². The van der Waals surface area contributed by atoms with Gasteiger partial charge in [0.2, 0.25) is 5.89 Å². The van der Waals surface area contributed by atoms with E-state index in [0.29, 0.717) is 34.4 Å².